The van der Waals surface area contributed by atoms with Crippen LogP contribution in [0.1, 0.15) is 18.5 Å². The van der Waals surface area contributed by atoms with Crippen molar-refractivity contribution < 1.29 is 18.3 Å². The molecule has 0 radical (unpaired) electrons. The van der Waals surface area contributed by atoms with E-state index in [1.165, 1.54) is 13.0 Å². The first-order valence-corrected chi connectivity index (χ1v) is 6.26. The quantitative estimate of drug-likeness (QED) is 0.879. The average molecular weight is 316 g/mol. The minimum absolute atomic E-state index is 0. The SMILES string of the molecule is CCOC(=O)C(F)(F)[C@@H](N)c1cccc2ccccc12.Cl. The van der Waals surface area contributed by atoms with Crippen molar-refractivity contribution in [1.82, 2.24) is 0 Å². The number of ether oxygens (including phenoxy) is 1. The van der Waals surface area contributed by atoms with Gasteiger partial charge in [0.05, 0.1) is 6.61 Å². The standard InChI is InChI=1S/C15H15F2NO2.ClH/c1-2-20-14(19)15(16,17)13(18)12-9-5-7-10-6-3-4-8-11(10)12;/h3-9,13H,2,18H2,1H3;1H/t13-;/m0./s1. The molecule has 2 N–H and O–H groups in total. The van der Waals surface area contributed by atoms with Crippen LogP contribution < -0.4 is 5.73 Å². The highest BCUT2D eigenvalue weighted by Gasteiger charge is 2.48. The maximum absolute atomic E-state index is 14.0. The summed E-state index contributed by atoms with van der Waals surface area (Å²) in [4.78, 5) is 11.4. The topological polar surface area (TPSA) is 52.3 Å². The highest BCUT2D eigenvalue weighted by Crippen LogP contribution is 2.34. The number of carbonyl (C=O) groups is 1. The lowest BCUT2D eigenvalue weighted by Crippen LogP contribution is -2.41. The van der Waals surface area contributed by atoms with Crippen molar-refractivity contribution in [2.24, 2.45) is 5.73 Å². The molecule has 2 aromatic carbocycles. The molecule has 114 valence electrons. The molecule has 1 atom stereocenters. The maximum Gasteiger partial charge on any atom is 0.379 e. The third-order valence-corrected chi connectivity index (χ3v) is 3.10. The Kier molecular flexibility index (Phi) is 5.63. The molecule has 0 aliphatic rings. The number of hydrogen-bond acceptors (Lipinski definition) is 3. The van der Waals surface area contributed by atoms with Gasteiger partial charge in [0.1, 0.15) is 6.04 Å². The first kappa shape index (κ1) is 17.3. The summed E-state index contributed by atoms with van der Waals surface area (Å²) >= 11 is 0. The molecular weight excluding hydrogens is 300 g/mol. The fourth-order valence-corrected chi connectivity index (χ4v) is 2.07. The lowest BCUT2D eigenvalue weighted by atomic mass is 9.95. The van der Waals surface area contributed by atoms with E-state index in [-0.39, 0.29) is 24.6 Å². The monoisotopic (exact) mass is 315 g/mol. The number of hydrogen-bond donors (Lipinski definition) is 1. The summed E-state index contributed by atoms with van der Waals surface area (Å²) in [6.45, 7) is 1.36. The van der Waals surface area contributed by atoms with Crippen molar-refractivity contribution in [3.8, 4) is 0 Å². The summed E-state index contributed by atoms with van der Waals surface area (Å²) in [5.74, 6) is -5.36. The zero-order valence-corrected chi connectivity index (χ0v) is 12.2. The van der Waals surface area contributed by atoms with Crippen LogP contribution in [-0.2, 0) is 9.53 Å². The van der Waals surface area contributed by atoms with Crippen molar-refractivity contribution in [1.29, 1.82) is 0 Å². The zero-order chi connectivity index (χ0) is 14.8. The molecule has 0 spiro atoms. The molecule has 2 aromatic rings. The van der Waals surface area contributed by atoms with Crippen molar-refractivity contribution >= 4 is 29.1 Å². The third-order valence-electron chi connectivity index (χ3n) is 3.10. The molecule has 0 saturated heterocycles. The summed E-state index contributed by atoms with van der Waals surface area (Å²) < 4.78 is 32.4. The molecule has 3 nitrogen and oxygen atoms in total. The van der Waals surface area contributed by atoms with Crippen LogP contribution in [0.25, 0.3) is 10.8 Å². The van der Waals surface area contributed by atoms with E-state index in [9.17, 15) is 13.6 Å². The minimum Gasteiger partial charge on any atom is -0.462 e. The van der Waals surface area contributed by atoms with Crippen molar-refractivity contribution in [2.45, 2.75) is 18.9 Å². The number of halogens is 3. The Balaban J connectivity index is 0.00000220. The van der Waals surface area contributed by atoms with E-state index in [0.29, 0.717) is 5.39 Å². The lowest BCUT2D eigenvalue weighted by Gasteiger charge is -2.23. The van der Waals surface area contributed by atoms with Gasteiger partial charge in [0, 0.05) is 0 Å². The Morgan fingerprint density at radius 2 is 1.86 bits per heavy atom. The summed E-state index contributed by atoms with van der Waals surface area (Å²) in [6, 6.07) is 10.2. The molecule has 0 bridgehead atoms. The van der Waals surface area contributed by atoms with E-state index in [0.717, 1.165) is 5.39 Å². The molecule has 0 heterocycles. The first-order valence-electron chi connectivity index (χ1n) is 6.26. The van der Waals surface area contributed by atoms with Crippen LogP contribution in [0.15, 0.2) is 42.5 Å². The van der Waals surface area contributed by atoms with E-state index in [1.807, 2.05) is 0 Å². The van der Waals surface area contributed by atoms with Crippen LogP contribution in [0, 0.1) is 0 Å². The van der Waals surface area contributed by atoms with E-state index in [1.54, 1.807) is 36.4 Å². The van der Waals surface area contributed by atoms with E-state index in [2.05, 4.69) is 4.74 Å². The van der Waals surface area contributed by atoms with Gasteiger partial charge in [-0.2, -0.15) is 8.78 Å². The zero-order valence-electron chi connectivity index (χ0n) is 11.4. The smallest absolute Gasteiger partial charge is 0.379 e. The second-order valence-electron chi connectivity index (χ2n) is 4.39. The molecule has 0 aliphatic heterocycles. The van der Waals surface area contributed by atoms with Crippen LogP contribution >= 0.6 is 12.4 Å². The van der Waals surface area contributed by atoms with Gasteiger partial charge >= 0.3 is 11.9 Å². The number of nitrogens with two attached hydrogens (primary N) is 1. The molecule has 6 heteroatoms. The molecule has 21 heavy (non-hydrogen) atoms. The van der Waals surface area contributed by atoms with Crippen LogP contribution in [0.5, 0.6) is 0 Å². The van der Waals surface area contributed by atoms with Gasteiger partial charge in [0.2, 0.25) is 0 Å². The van der Waals surface area contributed by atoms with E-state index in [4.69, 9.17) is 5.73 Å². The van der Waals surface area contributed by atoms with Gasteiger partial charge in [-0.25, -0.2) is 4.79 Å². The highest BCUT2D eigenvalue weighted by atomic mass is 35.5. The number of carbonyl (C=O) groups excluding carboxylic acids is 1. The van der Waals surface area contributed by atoms with Gasteiger partial charge in [-0.05, 0) is 23.3 Å². The molecule has 0 saturated carbocycles. The molecule has 0 aliphatic carbocycles. The van der Waals surface area contributed by atoms with Gasteiger partial charge in [0.25, 0.3) is 0 Å². The summed E-state index contributed by atoms with van der Waals surface area (Å²) in [7, 11) is 0. The Hall–Kier alpha value is -1.72. The van der Waals surface area contributed by atoms with Gasteiger partial charge in [-0.3, -0.25) is 0 Å². The number of benzene rings is 2. The third kappa shape index (κ3) is 3.31. The summed E-state index contributed by atoms with van der Waals surface area (Å²) in [5, 5.41) is 1.39. The number of esters is 1. The van der Waals surface area contributed by atoms with Crippen LogP contribution in [-0.4, -0.2) is 18.5 Å². The molecule has 0 amide bonds. The minimum atomic E-state index is -3.76. The second kappa shape index (κ2) is 6.83. The van der Waals surface area contributed by atoms with Crippen molar-refractivity contribution in [3.63, 3.8) is 0 Å². The lowest BCUT2D eigenvalue weighted by molar-refractivity contribution is -0.174. The predicted octanol–water partition coefficient (Wildman–Crippen LogP) is 3.46. The summed E-state index contributed by atoms with van der Waals surface area (Å²) in [6.07, 6.45) is 0. The predicted molar refractivity (Wildman–Crippen MR) is 79.7 cm³/mol. The highest BCUT2D eigenvalue weighted by molar-refractivity contribution is 5.88. The largest absolute Gasteiger partial charge is 0.462 e. The van der Waals surface area contributed by atoms with Crippen LogP contribution in [0.3, 0.4) is 0 Å². The molecule has 2 rings (SSSR count). The number of fused-ring (bicyclic) bond motifs is 1. The molecular formula is C15H16ClF2NO2. The number of alkyl halides is 2. The Labute approximate surface area is 127 Å². The van der Waals surface area contributed by atoms with E-state index >= 15 is 0 Å². The van der Waals surface area contributed by atoms with Gasteiger partial charge in [-0.15, -0.1) is 12.4 Å². The van der Waals surface area contributed by atoms with E-state index < -0.39 is 17.9 Å². The fourth-order valence-electron chi connectivity index (χ4n) is 2.07. The molecule has 0 unspecified atom stereocenters. The average Bonchev–Trinajstić information content (AvgIpc) is 2.46. The first-order chi connectivity index (χ1) is 9.48. The second-order valence-corrected chi connectivity index (χ2v) is 4.39. The van der Waals surface area contributed by atoms with Crippen molar-refractivity contribution in [2.75, 3.05) is 6.61 Å². The van der Waals surface area contributed by atoms with Crippen LogP contribution in [0.2, 0.25) is 0 Å². The molecule has 0 aromatic heterocycles. The van der Waals surface area contributed by atoms with Gasteiger partial charge in [0.15, 0.2) is 0 Å². The van der Waals surface area contributed by atoms with Crippen molar-refractivity contribution in [3.05, 3.63) is 48.0 Å². The van der Waals surface area contributed by atoms with Gasteiger partial charge in [-0.1, -0.05) is 42.5 Å². The Morgan fingerprint density at radius 1 is 1.24 bits per heavy atom. The normalized spacial score (nSPS) is 12.6. The Morgan fingerprint density at radius 3 is 2.52 bits per heavy atom. The van der Waals surface area contributed by atoms with Gasteiger partial charge < -0.3 is 10.5 Å². The van der Waals surface area contributed by atoms with Crippen LogP contribution in [0.4, 0.5) is 8.78 Å². The maximum atomic E-state index is 14.0. The fraction of sp³-hybridized carbons (Fsp3) is 0.267. The number of rotatable bonds is 4. The Bertz CT molecular complexity index is 629. The summed E-state index contributed by atoms with van der Waals surface area (Å²) in [5.41, 5.74) is 5.84. The molecule has 0 fully saturated rings.